The lowest BCUT2D eigenvalue weighted by Gasteiger charge is -2.18. The van der Waals surface area contributed by atoms with Crippen molar-refractivity contribution < 1.29 is 14.3 Å². The first-order valence-corrected chi connectivity index (χ1v) is 8.44. The number of hydrogen-bond acceptors (Lipinski definition) is 3. The molecule has 0 atom stereocenters. The van der Waals surface area contributed by atoms with Gasteiger partial charge in [-0.2, -0.15) is 0 Å². The Morgan fingerprint density at radius 2 is 1.80 bits per heavy atom. The molecule has 0 aliphatic carbocycles. The summed E-state index contributed by atoms with van der Waals surface area (Å²) in [5.41, 5.74) is 2.66. The van der Waals surface area contributed by atoms with Crippen LogP contribution in [0.3, 0.4) is 0 Å². The molecule has 2 aromatic carbocycles. The van der Waals surface area contributed by atoms with Crippen molar-refractivity contribution in [1.29, 1.82) is 0 Å². The van der Waals surface area contributed by atoms with Crippen LogP contribution in [0.2, 0.25) is 10.0 Å². The molecule has 2 aromatic rings. The number of nitrogens with zero attached hydrogens (tertiary/aromatic N) is 1. The van der Waals surface area contributed by atoms with Crippen LogP contribution in [-0.4, -0.2) is 25.0 Å². The first-order chi connectivity index (χ1) is 12.0. The van der Waals surface area contributed by atoms with E-state index in [4.69, 9.17) is 32.7 Å². The van der Waals surface area contributed by atoms with Gasteiger partial charge in [0, 0.05) is 16.2 Å². The average molecular weight is 378 g/mol. The molecular weight excluding hydrogens is 361 g/mol. The molecule has 3 rings (SSSR count). The second kappa shape index (κ2) is 7.38. The van der Waals surface area contributed by atoms with Gasteiger partial charge in [0.15, 0.2) is 11.5 Å². The molecule has 6 heteroatoms. The Bertz CT molecular complexity index is 849. The zero-order valence-corrected chi connectivity index (χ0v) is 15.4. The molecule has 0 N–H and O–H groups in total. The van der Waals surface area contributed by atoms with Crippen LogP contribution in [0.25, 0.3) is 6.08 Å². The highest BCUT2D eigenvalue weighted by molar-refractivity contribution is 6.35. The monoisotopic (exact) mass is 377 g/mol. The first-order valence-electron chi connectivity index (χ1n) is 7.68. The second-order valence-electron chi connectivity index (χ2n) is 5.66. The minimum Gasteiger partial charge on any atom is -0.493 e. The van der Waals surface area contributed by atoms with Gasteiger partial charge in [-0.15, -0.1) is 0 Å². The number of benzene rings is 2. The van der Waals surface area contributed by atoms with E-state index in [0.717, 1.165) is 16.7 Å². The molecule has 25 heavy (non-hydrogen) atoms. The summed E-state index contributed by atoms with van der Waals surface area (Å²) in [7, 11) is 3.16. The van der Waals surface area contributed by atoms with Gasteiger partial charge in [0.25, 0.3) is 0 Å². The maximum absolute atomic E-state index is 12.6. The molecule has 130 valence electrons. The smallest absolute Gasteiger partial charge is 0.231 e. The molecule has 1 heterocycles. The van der Waals surface area contributed by atoms with E-state index in [1.54, 1.807) is 37.5 Å². The summed E-state index contributed by atoms with van der Waals surface area (Å²) < 4.78 is 10.7. The molecular formula is C19H17Cl2NO3. The first kappa shape index (κ1) is 17.6. The molecule has 0 fully saturated rings. The van der Waals surface area contributed by atoms with Crippen molar-refractivity contribution in [3.63, 3.8) is 0 Å². The average Bonchev–Trinajstić information content (AvgIpc) is 2.74. The number of rotatable bonds is 4. The Hall–Kier alpha value is -2.17. The van der Waals surface area contributed by atoms with Crippen LogP contribution in [0.5, 0.6) is 11.5 Å². The van der Waals surface area contributed by atoms with Crippen LogP contribution in [0.15, 0.2) is 36.5 Å². The SMILES string of the molecule is COc1cc2c(cc1OC)CC(=O)N(Cc1ccc(Cl)cc1Cl)C=C2. The minimum absolute atomic E-state index is 0.0202. The van der Waals surface area contributed by atoms with Gasteiger partial charge in [-0.1, -0.05) is 29.3 Å². The molecule has 1 aliphatic rings. The third-order valence-electron chi connectivity index (χ3n) is 4.10. The summed E-state index contributed by atoms with van der Waals surface area (Å²) in [4.78, 5) is 14.3. The normalized spacial score (nSPS) is 13.4. The number of methoxy groups -OCH3 is 2. The Labute approximate surface area is 156 Å². The van der Waals surface area contributed by atoms with E-state index in [0.29, 0.717) is 28.1 Å². The number of carbonyl (C=O) groups is 1. The number of ether oxygens (including phenoxy) is 2. The number of fused-ring (bicyclic) bond motifs is 1. The third-order valence-corrected chi connectivity index (χ3v) is 4.68. The maximum Gasteiger partial charge on any atom is 0.231 e. The van der Waals surface area contributed by atoms with E-state index in [-0.39, 0.29) is 12.3 Å². The third kappa shape index (κ3) is 3.75. The van der Waals surface area contributed by atoms with Crippen molar-refractivity contribution in [3.8, 4) is 11.5 Å². The fourth-order valence-corrected chi connectivity index (χ4v) is 3.21. The van der Waals surface area contributed by atoms with Crippen LogP contribution in [0.1, 0.15) is 16.7 Å². The summed E-state index contributed by atoms with van der Waals surface area (Å²) >= 11 is 12.2. The molecule has 1 aliphatic heterocycles. The van der Waals surface area contributed by atoms with Gasteiger partial charge in [-0.25, -0.2) is 0 Å². The number of carbonyl (C=O) groups excluding carboxylic acids is 1. The fraction of sp³-hybridized carbons (Fsp3) is 0.211. The largest absolute Gasteiger partial charge is 0.493 e. The molecule has 1 amide bonds. The molecule has 0 spiro atoms. The predicted molar refractivity (Wildman–Crippen MR) is 99.3 cm³/mol. The Balaban J connectivity index is 1.89. The number of hydrogen-bond donors (Lipinski definition) is 0. The highest BCUT2D eigenvalue weighted by atomic mass is 35.5. The number of amides is 1. The highest BCUT2D eigenvalue weighted by Gasteiger charge is 2.20. The van der Waals surface area contributed by atoms with Crippen molar-refractivity contribution in [3.05, 3.63) is 63.3 Å². The lowest BCUT2D eigenvalue weighted by atomic mass is 10.0. The van der Waals surface area contributed by atoms with Gasteiger partial charge in [0.2, 0.25) is 5.91 Å². The molecule has 0 saturated heterocycles. The Kier molecular flexibility index (Phi) is 5.21. The van der Waals surface area contributed by atoms with E-state index >= 15 is 0 Å². The molecule has 4 nitrogen and oxygen atoms in total. The van der Waals surface area contributed by atoms with Crippen LogP contribution in [0, 0.1) is 0 Å². The lowest BCUT2D eigenvalue weighted by Crippen LogP contribution is -2.26. The summed E-state index contributed by atoms with van der Waals surface area (Å²) in [5.74, 6) is 1.22. The topological polar surface area (TPSA) is 38.8 Å². The van der Waals surface area contributed by atoms with Gasteiger partial charge in [-0.3, -0.25) is 4.79 Å². The summed E-state index contributed by atoms with van der Waals surface area (Å²) in [6.45, 7) is 0.383. The predicted octanol–water partition coefficient (Wildman–Crippen LogP) is 4.57. The van der Waals surface area contributed by atoms with Gasteiger partial charge in [0.1, 0.15) is 0 Å². The van der Waals surface area contributed by atoms with E-state index in [9.17, 15) is 4.79 Å². The van der Waals surface area contributed by atoms with Gasteiger partial charge in [-0.05, 0) is 47.0 Å². The van der Waals surface area contributed by atoms with Gasteiger partial charge in [0.05, 0.1) is 27.2 Å². The van der Waals surface area contributed by atoms with E-state index < -0.39 is 0 Å². The zero-order valence-electron chi connectivity index (χ0n) is 13.9. The van der Waals surface area contributed by atoms with Crippen molar-refractivity contribution in [1.82, 2.24) is 4.90 Å². The standard InChI is InChI=1S/C19H17Cl2NO3/c1-24-17-7-12-5-6-22(11-13-3-4-15(20)10-16(13)21)19(23)9-14(12)8-18(17)25-2/h3-8,10H,9,11H2,1-2H3. The second-order valence-corrected chi connectivity index (χ2v) is 6.50. The van der Waals surface area contributed by atoms with E-state index in [2.05, 4.69) is 0 Å². The minimum atomic E-state index is -0.0202. The van der Waals surface area contributed by atoms with Crippen LogP contribution >= 0.6 is 23.2 Å². The summed E-state index contributed by atoms with van der Waals surface area (Å²) in [5, 5.41) is 1.11. The van der Waals surface area contributed by atoms with Crippen LogP contribution < -0.4 is 9.47 Å². The summed E-state index contributed by atoms with van der Waals surface area (Å²) in [6.07, 6.45) is 3.94. The lowest BCUT2D eigenvalue weighted by molar-refractivity contribution is -0.128. The van der Waals surface area contributed by atoms with E-state index in [1.807, 2.05) is 24.3 Å². The fourth-order valence-electron chi connectivity index (χ4n) is 2.74. The Morgan fingerprint density at radius 3 is 2.48 bits per heavy atom. The van der Waals surface area contributed by atoms with Crippen LogP contribution in [0.4, 0.5) is 0 Å². The highest BCUT2D eigenvalue weighted by Crippen LogP contribution is 2.33. The van der Waals surface area contributed by atoms with Crippen LogP contribution in [-0.2, 0) is 17.8 Å². The molecule has 0 unspecified atom stereocenters. The van der Waals surface area contributed by atoms with E-state index in [1.165, 1.54) is 0 Å². The van der Waals surface area contributed by atoms with Gasteiger partial charge < -0.3 is 14.4 Å². The summed E-state index contributed by atoms with van der Waals surface area (Å²) in [6, 6.07) is 8.98. The number of halogens is 2. The molecule has 0 bridgehead atoms. The molecule has 0 radical (unpaired) electrons. The van der Waals surface area contributed by atoms with Crippen molar-refractivity contribution in [2.24, 2.45) is 0 Å². The van der Waals surface area contributed by atoms with Crippen molar-refractivity contribution >= 4 is 35.2 Å². The zero-order chi connectivity index (χ0) is 18.0. The van der Waals surface area contributed by atoms with Crippen molar-refractivity contribution in [2.75, 3.05) is 14.2 Å². The van der Waals surface area contributed by atoms with Gasteiger partial charge >= 0.3 is 0 Å². The Morgan fingerprint density at radius 1 is 1.08 bits per heavy atom. The quantitative estimate of drug-likeness (QED) is 0.783. The van der Waals surface area contributed by atoms with Crippen molar-refractivity contribution in [2.45, 2.75) is 13.0 Å². The molecule has 0 aromatic heterocycles. The molecule has 0 saturated carbocycles. The maximum atomic E-state index is 12.6.